The normalized spacial score (nSPS) is 17.1. The molecule has 92 valence electrons. The summed E-state index contributed by atoms with van der Waals surface area (Å²) in [5, 5.41) is 10.9. The summed E-state index contributed by atoms with van der Waals surface area (Å²) in [6.07, 6.45) is 3.11. The highest BCUT2D eigenvalue weighted by molar-refractivity contribution is 7.10. The molecule has 1 unspecified atom stereocenters. The van der Waals surface area contributed by atoms with Crippen molar-refractivity contribution in [3.63, 3.8) is 0 Å². The summed E-state index contributed by atoms with van der Waals surface area (Å²) in [4.78, 5) is 3.81. The predicted molar refractivity (Wildman–Crippen MR) is 70.8 cm³/mol. The summed E-state index contributed by atoms with van der Waals surface area (Å²) >= 11 is 1.78. The molecule has 2 N–H and O–H groups in total. The van der Waals surface area contributed by atoms with E-state index in [9.17, 15) is 0 Å². The third-order valence-corrected chi connectivity index (χ3v) is 4.45. The summed E-state index contributed by atoms with van der Waals surface area (Å²) in [5.41, 5.74) is 7.28. The second-order valence-corrected chi connectivity index (χ2v) is 5.54. The van der Waals surface area contributed by atoms with Crippen molar-refractivity contribution in [1.82, 2.24) is 4.90 Å². The van der Waals surface area contributed by atoms with E-state index in [0.717, 1.165) is 6.54 Å². The van der Waals surface area contributed by atoms with Crippen molar-refractivity contribution >= 4 is 11.3 Å². The smallest absolute Gasteiger partial charge is 0.0635 e. The average molecular weight is 249 g/mol. The summed E-state index contributed by atoms with van der Waals surface area (Å²) in [7, 11) is 0. The number of nitrogens with zero attached hydrogens (tertiary/aromatic N) is 2. The summed E-state index contributed by atoms with van der Waals surface area (Å²) in [5.74, 6) is 0. The van der Waals surface area contributed by atoms with Gasteiger partial charge >= 0.3 is 0 Å². The summed E-state index contributed by atoms with van der Waals surface area (Å²) in [6.45, 7) is 3.63. The molecule has 1 aliphatic carbocycles. The molecule has 0 saturated heterocycles. The predicted octanol–water partition coefficient (Wildman–Crippen LogP) is 2.43. The van der Waals surface area contributed by atoms with Gasteiger partial charge in [0.05, 0.1) is 12.1 Å². The lowest BCUT2D eigenvalue weighted by Gasteiger charge is -2.30. The molecule has 0 aliphatic heterocycles. The molecule has 3 nitrogen and oxygen atoms in total. The average Bonchev–Trinajstić information content (AvgIpc) is 3.08. The molecule has 0 aromatic carbocycles. The van der Waals surface area contributed by atoms with Crippen LogP contribution in [-0.4, -0.2) is 24.0 Å². The maximum Gasteiger partial charge on any atom is 0.0635 e. The van der Waals surface area contributed by atoms with Gasteiger partial charge in [0.1, 0.15) is 0 Å². The van der Waals surface area contributed by atoms with Gasteiger partial charge in [0.15, 0.2) is 0 Å². The second kappa shape index (κ2) is 5.63. The van der Waals surface area contributed by atoms with Crippen molar-refractivity contribution in [2.75, 3.05) is 13.1 Å². The Morgan fingerprint density at radius 2 is 2.41 bits per heavy atom. The van der Waals surface area contributed by atoms with E-state index in [0.29, 0.717) is 25.0 Å². The fraction of sp³-hybridized carbons (Fsp3) is 0.615. The number of nitriles is 1. The van der Waals surface area contributed by atoms with Gasteiger partial charge in [-0.2, -0.15) is 5.26 Å². The Balaban J connectivity index is 2.14. The van der Waals surface area contributed by atoms with Gasteiger partial charge in [-0.1, -0.05) is 0 Å². The SMILES string of the molecule is Cc1ccsc1C(CN)N(CCC#N)C1CC1. The van der Waals surface area contributed by atoms with Crippen LogP contribution in [0, 0.1) is 18.3 Å². The van der Waals surface area contributed by atoms with Gasteiger partial charge < -0.3 is 5.73 Å². The lowest BCUT2D eigenvalue weighted by molar-refractivity contribution is 0.198. The number of hydrogen-bond donors (Lipinski definition) is 1. The highest BCUT2D eigenvalue weighted by atomic mass is 32.1. The van der Waals surface area contributed by atoms with Crippen LogP contribution in [0.3, 0.4) is 0 Å². The minimum absolute atomic E-state index is 0.302. The number of rotatable bonds is 6. The molecule has 1 fully saturated rings. The fourth-order valence-electron chi connectivity index (χ4n) is 2.30. The van der Waals surface area contributed by atoms with Crippen LogP contribution in [0.5, 0.6) is 0 Å². The Hall–Kier alpha value is -0.890. The van der Waals surface area contributed by atoms with Crippen LogP contribution < -0.4 is 5.73 Å². The zero-order valence-electron chi connectivity index (χ0n) is 10.2. The molecule has 1 heterocycles. The van der Waals surface area contributed by atoms with E-state index in [-0.39, 0.29) is 0 Å². The van der Waals surface area contributed by atoms with Crippen LogP contribution in [0.15, 0.2) is 11.4 Å². The molecule has 1 atom stereocenters. The van der Waals surface area contributed by atoms with Crippen LogP contribution in [0.4, 0.5) is 0 Å². The van der Waals surface area contributed by atoms with Crippen molar-refractivity contribution in [3.8, 4) is 6.07 Å². The second-order valence-electron chi connectivity index (χ2n) is 4.60. The maximum absolute atomic E-state index is 8.75. The van der Waals surface area contributed by atoms with E-state index >= 15 is 0 Å². The van der Waals surface area contributed by atoms with E-state index < -0.39 is 0 Å². The van der Waals surface area contributed by atoms with E-state index in [2.05, 4.69) is 29.3 Å². The van der Waals surface area contributed by atoms with Crippen LogP contribution in [0.25, 0.3) is 0 Å². The Bertz CT molecular complexity index is 403. The molecule has 17 heavy (non-hydrogen) atoms. The van der Waals surface area contributed by atoms with Crippen molar-refractivity contribution < 1.29 is 0 Å². The minimum atomic E-state index is 0.302. The van der Waals surface area contributed by atoms with Crippen molar-refractivity contribution in [2.45, 2.75) is 38.3 Å². The third kappa shape index (κ3) is 2.86. The quantitative estimate of drug-likeness (QED) is 0.842. The molecule has 2 rings (SSSR count). The molecule has 1 aromatic heterocycles. The molecule has 0 spiro atoms. The molecular weight excluding hydrogens is 230 g/mol. The van der Waals surface area contributed by atoms with Crippen molar-refractivity contribution in [3.05, 3.63) is 21.9 Å². The molecule has 1 aliphatic rings. The van der Waals surface area contributed by atoms with Gasteiger partial charge in [0.25, 0.3) is 0 Å². The largest absolute Gasteiger partial charge is 0.329 e. The Labute approximate surface area is 107 Å². The van der Waals surface area contributed by atoms with Crippen molar-refractivity contribution in [2.24, 2.45) is 5.73 Å². The number of hydrogen-bond acceptors (Lipinski definition) is 4. The molecule has 1 aromatic rings. The van der Waals surface area contributed by atoms with Gasteiger partial charge in [-0.05, 0) is 36.8 Å². The first-order chi connectivity index (χ1) is 8.27. The van der Waals surface area contributed by atoms with Gasteiger partial charge in [0, 0.05) is 30.4 Å². The number of aryl methyl sites for hydroxylation is 1. The van der Waals surface area contributed by atoms with Crippen LogP contribution in [-0.2, 0) is 0 Å². The Kier molecular flexibility index (Phi) is 4.16. The van der Waals surface area contributed by atoms with Gasteiger partial charge in [-0.3, -0.25) is 4.90 Å². The zero-order chi connectivity index (χ0) is 12.3. The summed E-state index contributed by atoms with van der Waals surface area (Å²) < 4.78 is 0. The highest BCUT2D eigenvalue weighted by Gasteiger charge is 2.34. The molecule has 0 radical (unpaired) electrons. The lowest BCUT2D eigenvalue weighted by atomic mass is 10.1. The monoisotopic (exact) mass is 249 g/mol. The fourth-order valence-corrected chi connectivity index (χ4v) is 3.36. The molecule has 0 amide bonds. The first-order valence-electron chi connectivity index (χ1n) is 6.14. The standard InChI is InChI=1S/C13H19N3S/c1-10-5-8-17-13(10)12(9-15)16(7-2-6-14)11-3-4-11/h5,8,11-12H,2-4,7,9,15H2,1H3. The van der Waals surface area contributed by atoms with E-state index in [1.807, 2.05) is 0 Å². The lowest BCUT2D eigenvalue weighted by Crippen LogP contribution is -2.36. The third-order valence-electron chi connectivity index (χ3n) is 3.33. The van der Waals surface area contributed by atoms with Crippen LogP contribution >= 0.6 is 11.3 Å². The highest BCUT2D eigenvalue weighted by Crippen LogP contribution is 2.36. The zero-order valence-corrected chi connectivity index (χ0v) is 11.0. The van der Waals surface area contributed by atoms with Gasteiger partial charge in [-0.15, -0.1) is 11.3 Å². The number of nitrogens with two attached hydrogens (primary N) is 1. The Morgan fingerprint density at radius 3 is 2.88 bits per heavy atom. The first kappa shape index (κ1) is 12.6. The summed E-state index contributed by atoms with van der Waals surface area (Å²) in [6, 6.07) is 5.34. The van der Waals surface area contributed by atoms with Gasteiger partial charge in [0.2, 0.25) is 0 Å². The van der Waals surface area contributed by atoms with Crippen molar-refractivity contribution in [1.29, 1.82) is 5.26 Å². The molecular formula is C13H19N3S. The van der Waals surface area contributed by atoms with E-state index in [1.54, 1.807) is 11.3 Å². The molecule has 0 bridgehead atoms. The van der Waals surface area contributed by atoms with Crippen LogP contribution in [0.1, 0.15) is 35.7 Å². The topological polar surface area (TPSA) is 53.0 Å². The molecule has 4 heteroatoms. The van der Waals surface area contributed by atoms with Gasteiger partial charge in [-0.25, -0.2) is 0 Å². The maximum atomic E-state index is 8.75. The van der Waals surface area contributed by atoms with E-state index in [1.165, 1.54) is 23.3 Å². The Morgan fingerprint density at radius 1 is 1.65 bits per heavy atom. The van der Waals surface area contributed by atoms with Crippen LogP contribution in [0.2, 0.25) is 0 Å². The molecule has 1 saturated carbocycles. The first-order valence-corrected chi connectivity index (χ1v) is 7.02. The minimum Gasteiger partial charge on any atom is -0.329 e. The number of thiophene rings is 1. The van der Waals surface area contributed by atoms with E-state index in [4.69, 9.17) is 11.0 Å².